The van der Waals surface area contributed by atoms with Crippen molar-refractivity contribution in [2.75, 3.05) is 13.7 Å². The molecule has 1 atom stereocenters. The van der Waals surface area contributed by atoms with Crippen LogP contribution in [0.4, 0.5) is 0 Å². The van der Waals surface area contributed by atoms with Gasteiger partial charge in [0.05, 0.1) is 13.0 Å². The summed E-state index contributed by atoms with van der Waals surface area (Å²) in [5, 5.41) is 2.83. The summed E-state index contributed by atoms with van der Waals surface area (Å²) in [4.78, 5) is 23.0. The van der Waals surface area contributed by atoms with E-state index in [0.29, 0.717) is 0 Å². The first-order valence-corrected chi connectivity index (χ1v) is 6.51. The van der Waals surface area contributed by atoms with Crippen molar-refractivity contribution >= 4 is 23.5 Å². The Morgan fingerprint density at radius 2 is 1.95 bits per heavy atom. The van der Waals surface area contributed by atoms with Gasteiger partial charge in [0, 0.05) is 6.04 Å². The smallest absolute Gasteiger partial charge is 0.349 e. The summed E-state index contributed by atoms with van der Waals surface area (Å²) >= 11 is 5.79. The number of ether oxygens (including phenoxy) is 2. The molecule has 0 amide bonds. The number of rotatable bonds is 6. The first-order valence-electron chi connectivity index (χ1n) is 6.13. The second-order valence-electron chi connectivity index (χ2n) is 4.92. The lowest BCUT2D eigenvalue weighted by atomic mass is 10.1. The van der Waals surface area contributed by atoms with Crippen LogP contribution >= 0.6 is 11.6 Å². The summed E-state index contributed by atoms with van der Waals surface area (Å²) in [6.45, 7) is 7.32. The molecule has 0 aromatic heterocycles. The van der Waals surface area contributed by atoms with Gasteiger partial charge in [-0.3, -0.25) is 4.79 Å². The molecule has 0 radical (unpaired) electrons. The average Bonchev–Trinajstić information content (AvgIpc) is 2.25. The van der Waals surface area contributed by atoms with Gasteiger partial charge in [-0.25, -0.2) is 4.79 Å². The Morgan fingerprint density at radius 1 is 1.37 bits per heavy atom. The maximum atomic E-state index is 11.7. The predicted molar refractivity (Wildman–Crippen MR) is 73.9 cm³/mol. The van der Waals surface area contributed by atoms with Crippen LogP contribution in [0, 0.1) is 0 Å². The molecule has 0 fully saturated rings. The third-order valence-corrected chi connectivity index (χ3v) is 2.28. The molecule has 0 rings (SSSR count). The lowest BCUT2D eigenvalue weighted by molar-refractivity contribution is -0.155. The molecule has 19 heavy (non-hydrogen) atoms. The van der Waals surface area contributed by atoms with Crippen molar-refractivity contribution in [2.24, 2.45) is 0 Å². The normalized spacial score (nSPS) is 13.9. The van der Waals surface area contributed by atoms with Crippen molar-refractivity contribution in [3.8, 4) is 0 Å². The van der Waals surface area contributed by atoms with E-state index in [1.165, 1.54) is 6.08 Å². The molecule has 0 saturated carbocycles. The predicted octanol–water partition coefficient (Wildman–Crippen LogP) is 1.99. The van der Waals surface area contributed by atoms with Gasteiger partial charge in [-0.15, -0.1) is 0 Å². The third-order valence-electron chi connectivity index (χ3n) is 2.00. The zero-order valence-corrected chi connectivity index (χ0v) is 12.8. The molecule has 0 aliphatic heterocycles. The fraction of sp³-hybridized carbons (Fsp3) is 0.692. The third kappa shape index (κ3) is 8.61. The summed E-state index contributed by atoms with van der Waals surface area (Å²) in [5.41, 5.74) is -0.538. The van der Waals surface area contributed by atoms with Crippen molar-refractivity contribution in [2.45, 2.75) is 45.8 Å². The molecule has 6 heteroatoms. The molecule has 0 aliphatic carbocycles. The van der Waals surface area contributed by atoms with Gasteiger partial charge < -0.3 is 14.8 Å². The Hall–Kier alpha value is -1.07. The number of halogens is 1. The quantitative estimate of drug-likeness (QED) is 0.599. The van der Waals surface area contributed by atoms with Gasteiger partial charge in [0.15, 0.2) is 0 Å². The molecule has 0 heterocycles. The molecular formula is C13H22ClNO4. The van der Waals surface area contributed by atoms with E-state index in [-0.39, 0.29) is 30.1 Å². The van der Waals surface area contributed by atoms with Gasteiger partial charge in [0.25, 0.3) is 0 Å². The van der Waals surface area contributed by atoms with Crippen molar-refractivity contribution in [1.29, 1.82) is 0 Å². The Morgan fingerprint density at radius 3 is 2.37 bits per heavy atom. The van der Waals surface area contributed by atoms with Gasteiger partial charge in [0.2, 0.25) is 0 Å². The lowest BCUT2D eigenvalue weighted by Gasteiger charge is -2.21. The molecule has 5 nitrogen and oxygen atoms in total. The van der Waals surface area contributed by atoms with E-state index in [0.717, 1.165) is 0 Å². The number of esters is 2. The fourth-order valence-corrected chi connectivity index (χ4v) is 1.46. The number of likely N-dealkylation sites (N-methyl/N-ethyl adjacent to an activating group) is 1. The first kappa shape index (κ1) is 17.9. The van der Waals surface area contributed by atoms with Gasteiger partial charge in [-0.2, -0.15) is 0 Å². The minimum atomic E-state index is -0.603. The highest BCUT2D eigenvalue weighted by Gasteiger charge is 2.20. The molecule has 0 bridgehead atoms. The van der Waals surface area contributed by atoms with Gasteiger partial charge in [-0.05, 0) is 40.8 Å². The van der Waals surface area contributed by atoms with Crippen LogP contribution in [-0.2, 0) is 19.1 Å². The monoisotopic (exact) mass is 291 g/mol. The average molecular weight is 292 g/mol. The molecule has 0 aliphatic rings. The Bertz CT molecular complexity index is 347. The molecule has 1 N–H and O–H groups in total. The van der Waals surface area contributed by atoms with Crippen LogP contribution in [0.1, 0.15) is 34.1 Å². The molecule has 0 aromatic carbocycles. The summed E-state index contributed by atoms with van der Waals surface area (Å²) in [5.74, 6) is -0.968. The van der Waals surface area contributed by atoms with E-state index >= 15 is 0 Å². The summed E-state index contributed by atoms with van der Waals surface area (Å²) in [6.07, 6.45) is 1.53. The largest absolute Gasteiger partial charge is 0.462 e. The highest BCUT2D eigenvalue weighted by Crippen LogP contribution is 2.12. The van der Waals surface area contributed by atoms with Crippen LogP contribution in [0.25, 0.3) is 0 Å². The van der Waals surface area contributed by atoms with Crippen molar-refractivity contribution in [3.63, 3.8) is 0 Å². The molecule has 110 valence electrons. The molecule has 0 saturated heterocycles. The second-order valence-corrected chi connectivity index (χ2v) is 5.33. The summed E-state index contributed by atoms with van der Waals surface area (Å²) in [7, 11) is 1.67. The first-order chi connectivity index (χ1) is 8.69. The van der Waals surface area contributed by atoms with Crippen LogP contribution in [0.15, 0.2) is 11.1 Å². The zero-order valence-electron chi connectivity index (χ0n) is 12.1. The highest BCUT2D eigenvalue weighted by molar-refractivity contribution is 6.41. The van der Waals surface area contributed by atoms with E-state index in [4.69, 9.17) is 21.1 Å². The number of nitrogens with one attached hydrogen (secondary N) is 1. The fourth-order valence-electron chi connectivity index (χ4n) is 1.25. The number of carbonyl (C=O) groups excluding carboxylic acids is 2. The SMILES string of the molecule is CCOC(=O)C(Cl)=CC(CC(=O)OC(C)(C)C)NC. The maximum absolute atomic E-state index is 11.7. The number of hydrogen-bond donors (Lipinski definition) is 1. The Labute approximate surface area is 119 Å². The van der Waals surface area contributed by atoms with Crippen LogP contribution < -0.4 is 5.32 Å². The topological polar surface area (TPSA) is 64.6 Å². The van der Waals surface area contributed by atoms with Crippen molar-refractivity contribution < 1.29 is 19.1 Å². The minimum absolute atomic E-state index is 0.0511. The minimum Gasteiger partial charge on any atom is -0.462 e. The summed E-state index contributed by atoms with van der Waals surface area (Å²) < 4.78 is 9.94. The standard InChI is InChI=1S/C13H22ClNO4/c1-6-18-12(17)10(14)7-9(15-5)8-11(16)19-13(2,3)4/h7,9,15H,6,8H2,1-5H3. The van der Waals surface area contributed by atoms with Gasteiger partial charge >= 0.3 is 11.9 Å². The van der Waals surface area contributed by atoms with E-state index < -0.39 is 11.6 Å². The van der Waals surface area contributed by atoms with E-state index in [1.807, 2.05) is 0 Å². The lowest BCUT2D eigenvalue weighted by Crippen LogP contribution is -2.31. The summed E-state index contributed by atoms with van der Waals surface area (Å²) in [6, 6.07) is -0.383. The molecular weight excluding hydrogens is 270 g/mol. The molecule has 0 spiro atoms. The van der Waals surface area contributed by atoms with Gasteiger partial charge in [-0.1, -0.05) is 11.6 Å². The van der Waals surface area contributed by atoms with Crippen molar-refractivity contribution in [3.05, 3.63) is 11.1 Å². The number of carbonyl (C=O) groups is 2. The van der Waals surface area contributed by atoms with Crippen LogP contribution in [0.5, 0.6) is 0 Å². The van der Waals surface area contributed by atoms with E-state index in [2.05, 4.69) is 5.32 Å². The van der Waals surface area contributed by atoms with E-state index in [1.54, 1.807) is 34.7 Å². The second kappa shape index (κ2) is 8.17. The molecule has 0 aromatic rings. The molecule has 1 unspecified atom stereocenters. The van der Waals surface area contributed by atoms with Gasteiger partial charge in [0.1, 0.15) is 10.6 Å². The maximum Gasteiger partial charge on any atom is 0.349 e. The Balaban J connectivity index is 4.55. The van der Waals surface area contributed by atoms with Crippen molar-refractivity contribution in [1.82, 2.24) is 5.32 Å². The highest BCUT2D eigenvalue weighted by atomic mass is 35.5. The number of hydrogen-bond acceptors (Lipinski definition) is 5. The Kier molecular flexibility index (Phi) is 7.71. The van der Waals surface area contributed by atoms with Crippen LogP contribution in [0.2, 0.25) is 0 Å². The van der Waals surface area contributed by atoms with Crippen LogP contribution in [-0.4, -0.2) is 37.2 Å². The van der Waals surface area contributed by atoms with Crippen LogP contribution in [0.3, 0.4) is 0 Å². The zero-order chi connectivity index (χ0) is 15.1. The van der Waals surface area contributed by atoms with E-state index in [9.17, 15) is 9.59 Å².